The summed E-state index contributed by atoms with van der Waals surface area (Å²) in [7, 11) is 0. The Labute approximate surface area is 128 Å². The smallest absolute Gasteiger partial charge is 0.0686 e. The molecule has 1 saturated heterocycles. The topological polar surface area (TPSA) is 60.2 Å². The van der Waals surface area contributed by atoms with E-state index in [-0.39, 0.29) is 11.6 Å². The van der Waals surface area contributed by atoms with Gasteiger partial charge in [0.25, 0.3) is 0 Å². The fraction of sp³-hybridized carbons (Fsp3) is 0.667. The van der Waals surface area contributed by atoms with Gasteiger partial charge in [0.15, 0.2) is 0 Å². The van der Waals surface area contributed by atoms with Crippen LogP contribution in [0.25, 0.3) is 0 Å². The maximum absolute atomic E-state index is 6.11. The van der Waals surface area contributed by atoms with Gasteiger partial charge < -0.3 is 4.74 Å². The SMILES string of the molecule is NNC(c1ccc(Br)cn1)C1CCOC2(CCCC2)C1. The molecule has 0 amide bonds. The summed E-state index contributed by atoms with van der Waals surface area (Å²) in [5, 5.41) is 0. The van der Waals surface area contributed by atoms with Crippen LogP contribution in [0.2, 0.25) is 0 Å². The van der Waals surface area contributed by atoms with Crippen LogP contribution in [0.1, 0.15) is 50.3 Å². The number of pyridine rings is 1. The van der Waals surface area contributed by atoms with E-state index in [1.54, 1.807) is 0 Å². The second kappa shape index (κ2) is 6.10. The second-order valence-electron chi connectivity index (χ2n) is 6.04. The molecule has 2 fully saturated rings. The van der Waals surface area contributed by atoms with Crippen molar-refractivity contribution in [3.8, 4) is 0 Å². The van der Waals surface area contributed by atoms with Gasteiger partial charge in [0.05, 0.1) is 17.3 Å². The molecule has 2 heterocycles. The van der Waals surface area contributed by atoms with Crippen molar-refractivity contribution in [2.24, 2.45) is 11.8 Å². The predicted molar refractivity (Wildman–Crippen MR) is 81.9 cm³/mol. The van der Waals surface area contributed by atoms with Crippen molar-refractivity contribution >= 4 is 15.9 Å². The molecule has 3 rings (SSSR count). The molecular formula is C15H22BrN3O. The summed E-state index contributed by atoms with van der Waals surface area (Å²) >= 11 is 3.43. The van der Waals surface area contributed by atoms with Gasteiger partial charge in [-0.1, -0.05) is 12.8 Å². The number of rotatable bonds is 3. The zero-order valence-electron chi connectivity index (χ0n) is 11.6. The number of aromatic nitrogens is 1. The van der Waals surface area contributed by atoms with Crippen LogP contribution in [0, 0.1) is 5.92 Å². The first-order valence-electron chi connectivity index (χ1n) is 7.44. The monoisotopic (exact) mass is 339 g/mol. The molecule has 2 unspecified atom stereocenters. The molecule has 1 spiro atoms. The summed E-state index contributed by atoms with van der Waals surface area (Å²) in [5.41, 5.74) is 4.12. The summed E-state index contributed by atoms with van der Waals surface area (Å²) < 4.78 is 7.11. The van der Waals surface area contributed by atoms with E-state index in [0.717, 1.165) is 29.6 Å². The molecule has 2 aliphatic rings. The van der Waals surface area contributed by atoms with Crippen LogP contribution in [-0.2, 0) is 4.74 Å². The lowest BCUT2D eigenvalue weighted by Crippen LogP contribution is -2.43. The van der Waals surface area contributed by atoms with Gasteiger partial charge in [-0.25, -0.2) is 0 Å². The zero-order chi connectivity index (χ0) is 14.0. The average molecular weight is 340 g/mol. The normalized spacial score (nSPS) is 26.8. The van der Waals surface area contributed by atoms with Crippen LogP contribution < -0.4 is 11.3 Å². The van der Waals surface area contributed by atoms with E-state index in [9.17, 15) is 0 Å². The van der Waals surface area contributed by atoms with Crippen LogP contribution >= 0.6 is 15.9 Å². The van der Waals surface area contributed by atoms with Gasteiger partial charge >= 0.3 is 0 Å². The van der Waals surface area contributed by atoms with Crippen molar-refractivity contribution < 1.29 is 4.74 Å². The lowest BCUT2D eigenvalue weighted by Gasteiger charge is -2.41. The maximum Gasteiger partial charge on any atom is 0.0686 e. The van der Waals surface area contributed by atoms with Gasteiger partial charge in [-0.3, -0.25) is 16.3 Å². The molecular weight excluding hydrogens is 318 g/mol. The molecule has 4 nitrogen and oxygen atoms in total. The molecule has 20 heavy (non-hydrogen) atoms. The summed E-state index contributed by atoms with van der Waals surface area (Å²) in [6.45, 7) is 0.847. The zero-order valence-corrected chi connectivity index (χ0v) is 13.2. The van der Waals surface area contributed by atoms with E-state index in [1.807, 2.05) is 18.3 Å². The van der Waals surface area contributed by atoms with Crippen LogP contribution in [-0.4, -0.2) is 17.2 Å². The Morgan fingerprint density at radius 1 is 1.40 bits per heavy atom. The van der Waals surface area contributed by atoms with E-state index in [2.05, 4.69) is 26.3 Å². The van der Waals surface area contributed by atoms with Gasteiger partial charge in [0.2, 0.25) is 0 Å². The molecule has 0 radical (unpaired) electrons. The number of halogens is 1. The fourth-order valence-electron chi connectivity index (χ4n) is 3.75. The predicted octanol–water partition coefficient (Wildman–Crippen LogP) is 3.09. The molecule has 110 valence electrons. The third kappa shape index (κ3) is 2.91. The van der Waals surface area contributed by atoms with Gasteiger partial charge in [0, 0.05) is 17.3 Å². The number of hydrazine groups is 1. The third-order valence-electron chi connectivity index (χ3n) is 4.77. The number of ether oxygens (including phenoxy) is 1. The van der Waals surface area contributed by atoms with E-state index in [1.165, 1.54) is 25.7 Å². The molecule has 1 aromatic heterocycles. The lowest BCUT2D eigenvalue weighted by molar-refractivity contribution is -0.0984. The first-order valence-corrected chi connectivity index (χ1v) is 8.23. The Kier molecular flexibility index (Phi) is 4.40. The van der Waals surface area contributed by atoms with E-state index in [4.69, 9.17) is 10.6 Å². The number of hydrogen-bond acceptors (Lipinski definition) is 4. The minimum atomic E-state index is 0.115. The van der Waals surface area contributed by atoms with Gasteiger partial charge in [-0.2, -0.15) is 0 Å². The van der Waals surface area contributed by atoms with Gasteiger partial charge in [0.1, 0.15) is 0 Å². The Hall–Kier alpha value is -0.490. The van der Waals surface area contributed by atoms with E-state index >= 15 is 0 Å². The highest BCUT2D eigenvalue weighted by Gasteiger charge is 2.42. The summed E-state index contributed by atoms with van der Waals surface area (Å²) in [6, 6.07) is 4.19. The number of nitrogens with one attached hydrogen (secondary N) is 1. The highest BCUT2D eigenvalue weighted by Crippen LogP contribution is 2.44. The molecule has 1 saturated carbocycles. The summed E-state index contributed by atoms with van der Waals surface area (Å²) in [6.07, 6.45) is 8.98. The maximum atomic E-state index is 6.11. The first kappa shape index (κ1) is 14.4. The number of hydrogen-bond donors (Lipinski definition) is 2. The van der Waals surface area contributed by atoms with E-state index < -0.39 is 0 Å². The Morgan fingerprint density at radius 2 is 2.20 bits per heavy atom. The largest absolute Gasteiger partial charge is 0.375 e. The van der Waals surface area contributed by atoms with Crippen LogP contribution in [0.15, 0.2) is 22.8 Å². The second-order valence-corrected chi connectivity index (χ2v) is 6.95. The molecule has 1 aliphatic heterocycles. The van der Waals surface area contributed by atoms with Crippen molar-refractivity contribution in [2.45, 2.75) is 50.2 Å². The molecule has 1 aliphatic carbocycles. The number of nitrogens with zero attached hydrogens (tertiary/aromatic N) is 1. The van der Waals surface area contributed by atoms with Crippen molar-refractivity contribution in [3.63, 3.8) is 0 Å². The van der Waals surface area contributed by atoms with Crippen LogP contribution in [0.3, 0.4) is 0 Å². The Balaban J connectivity index is 1.76. The van der Waals surface area contributed by atoms with Crippen LogP contribution in [0.5, 0.6) is 0 Å². The standard InChI is InChI=1S/C15H22BrN3O/c16-12-3-4-13(18-10-12)14(19-17)11-5-8-20-15(9-11)6-1-2-7-15/h3-4,10-11,14,19H,1-2,5-9,17H2. The molecule has 5 heteroatoms. The highest BCUT2D eigenvalue weighted by molar-refractivity contribution is 9.10. The van der Waals surface area contributed by atoms with Crippen molar-refractivity contribution in [2.75, 3.05) is 6.61 Å². The van der Waals surface area contributed by atoms with Crippen molar-refractivity contribution in [1.29, 1.82) is 0 Å². The average Bonchev–Trinajstić information content (AvgIpc) is 2.90. The minimum Gasteiger partial charge on any atom is -0.375 e. The third-order valence-corrected chi connectivity index (χ3v) is 5.23. The molecule has 0 bridgehead atoms. The Morgan fingerprint density at radius 3 is 2.85 bits per heavy atom. The quantitative estimate of drug-likeness (QED) is 0.656. The minimum absolute atomic E-state index is 0.115. The van der Waals surface area contributed by atoms with Crippen molar-refractivity contribution in [1.82, 2.24) is 10.4 Å². The molecule has 3 N–H and O–H groups in total. The molecule has 0 aromatic carbocycles. The van der Waals surface area contributed by atoms with Crippen LogP contribution in [0.4, 0.5) is 0 Å². The fourth-order valence-corrected chi connectivity index (χ4v) is 3.99. The van der Waals surface area contributed by atoms with Gasteiger partial charge in [-0.05, 0) is 59.7 Å². The summed E-state index contributed by atoms with van der Waals surface area (Å²) in [4.78, 5) is 4.51. The molecule has 1 aromatic rings. The molecule has 2 atom stereocenters. The highest BCUT2D eigenvalue weighted by atomic mass is 79.9. The lowest BCUT2D eigenvalue weighted by atomic mass is 9.80. The van der Waals surface area contributed by atoms with E-state index in [0.29, 0.717) is 5.92 Å². The number of nitrogens with two attached hydrogens (primary N) is 1. The Bertz CT molecular complexity index is 445. The first-order chi connectivity index (χ1) is 9.72. The van der Waals surface area contributed by atoms with Crippen molar-refractivity contribution in [3.05, 3.63) is 28.5 Å². The summed E-state index contributed by atoms with van der Waals surface area (Å²) in [5.74, 6) is 6.32. The van der Waals surface area contributed by atoms with Gasteiger partial charge in [-0.15, -0.1) is 0 Å².